The van der Waals surface area contributed by atoms with Crippen molar-refractivity contribution >= 4 is 23.0 Å². The summed E-state index contributed by atoms with van der Waals surface area (Å²) in [6.07, 6.45) is 1.12. The number of aryl methyl sites for hydroxylation is 1. The van der Waals surface area contributed by atoms with E-state index in [0.29, 0.717) is 12.6 Å². The van der Waals surface area contributed by atoms with Crippen LogP contribution in [0.3, 0.4) is 0 Å². The van der Waals surface area contributed by atoms with Gasteiger partial charge in [0.05, 0.1) is 6.54 Å². The van der Waals surface area contributed by atoms with E-state index in [0.717, 1.165) is 36.2 Å². The van der Waals surface area contributed by atoms with E-state index in [9.17, 15) is 0 Å². The number of para-hydroxylation sites is 1. The monoisotopic (exact) mass is 329 g/mol. The molecule has 3 rings (SSSR count). The summed E-state index contributed by atoms with van der Waals surface area (Å²) in [6.45, 7) is 4.81. The molecule has 0 saturated carbocycles. The number of rotatable bonds is 4. The van der Waals surface area contributed by atoms with Crippen molar-refractivity contribution < 1.29 is 0 Å². The normalized spacial score (nSPS) is 18.3. The number of hydrogen-bond acceptors (Lipinski definition) is 4. The molecule has 1 aliphatic rings. The fourth-order valence-electron chi connectivity index (χ4n) is 2.78. The summed E-state index contributed by atoms with van der Waals surface area (Å²) >= 11 is 1.68. The van der Waals surface area contributed by atoms with Crippen molar-refractivity contribution in [2.45, 2.75) is 25.9 Å². The largest absolute Gasteiger partial charge is 0.369 e. The third-order valence-electron chi connectivity index (χ3n) is 3.95. The molecule has 122 valence electrons. The third kappa shape index (κ3) is 4.22. The van der Waals surface area contributed by atoms with Crippen LogP contribution in [0.4, 0.5) is 5.69 Å². The minimum absolute atomic E-state index is 0.416. The maximum atomic E-state index is 4.47. The van der Waals surface area contributed by atoms with Gasteiger partial charge in [0.15, 0.2) is 5.96 Å². The first kappa shape index (κ1) is 15.8. The molecule has 1 aromatic carbocycles. The fraction of sp³-hybridized carbons (Fsp3) is 0.412. The minimum Gasteiger partial charge on any atom is -0.369 e. The molecule has 5 nitrogen and oxygen atoms in total. The van der Waals surface area contributed by atoms with E-state index in [-0.39, 0.29) is 0 Å². The molecule has 2 heterocycles. The Morgan fingerprint density at radius 1 is 1.39 bits per heavy atom. The summed E-state index contributed by atoms with van der Waals surface area (Å²) in [5, 5.41) is 10.0. The van der Waals surface area contributed by atoms with Crippen LogP contribution in [0.25, 0.3) is 0 Å². The van der Waals surface area contributed by atoms with Crippen LogP contribution in [-0.2, 0) is 6.54 Å². The highest BCUT2D eigenvalue weighted by atomic mass is 32.1. The summed E-state index contributed by atoms with van der Waals surface area (Å²) in [4.78, 5) is 11.2. The Labute approximate surface area is 141 Å². The molecular formula is C17H23N5S. The van der Waals surface area contributed by atoms with E-state index in [4.69, 9.17) is 0 Å². The third-order valence-corrected chi connectivity index (χ3v) is 4.91. The van der Waals surface area contributed by atoms with Gasteiger partial charge in [-0.2, -0.15) is 0 Å². The van der Waals surface area contributed by atoms with Gasteiger partial charge in [0, 0.05) is 42.9 Å². The van der Waals surface area contributed by atoms with Crippen LogP contribution >= 0.6 is 11.3 Å². The van der Waals surface area contributed by atoms with Crippen LogP contribution in [0, 0.1) is 6.92 Å². The van der Waals surface area contributed by atoms with Crippen molar-refractivity contribution in [3.05, 3.63) is 46.4 Å². The van der Waals surface area contributed by atoms with E-state index in [1.807, 2.05) is 14.0 Å². The molecule has 1 aromatic heterocycles. The van der Waals surface area contributed by atoms with Crippen molar-refractivity contribution in [1.29, 1.82) is 0 Å². The summed E-state index contributed by atoms with van der Waals surface area (Å²) in [7, 11) is 1.81. The lowest BCUT2D eigenvalue weighted by Gasteiger charge is -2.20. The standard InChI is InChI=1S/C17H23N5S/c1-13-12-23-16(20-13)10-19-17(18-2)21-14-8-9-22(11-14)15-6-4-3-5-7-15/h3-7,12,14H,8-11H2,1-2H3,(H2,18,19,21). The number of anilines is 1. The molecule has 0 bridgehead atoms. The summed E-state index contributed by atoms with van der Waals surface area (Å²) < 4.78 is 0. The lowest BCUT2D eigenvalue weighted by molar-refractivity contribution is 0.648. The first-order chi connectivity index (χ1) is 11.2. The van der Waals surface area contributed by atoms with Crippen LogP contribution in [0.1, 0.15) is 17.1 Å². The minimum atomic E-state index is 0.416. The predicted octanol–water partition coefficient (Wildman–Crippen LogP) is 2.40. The highest BCUT2D eigenvalue weighted by molar-refractivity contribution is 7.09. The van der Waals surface area contributed by atoms with Gasteiger partial charge in [0.1, 0.15) is 5.01 Å². The Kier molecular flexibility index (Phi) is 5.12. The highest BCUT2D eigenvalue weighted by Crippen LogP contribution is 2.19. The Hall–Kier alpha value is -2.08. The van der Waals surface area contributed by atoms with Crippen molar-refractivity contribution in [3.8, 4) is 0 Å². The molecular weight excluding hydrogens is 306 g/mol. The number of thiazole rings is 1. The van der Waals surface area contributed by atoms with Gasteiger partial charge in [-0.15, -0.1) is 11.3 Å². The average Bonchev–Trinajstić information content (AvgIpc) is 3.21. The van der Waals surface area contributed by atoms with Gasteiger partial charge >= 0.3 is 0 Å². The van der Waals surface area contributed by atoms with Crippen LogP contribution < -0.4 is 15.5 Å². The van der Waals surface area contributed by atoms with Gasteiger partial charge in [0.25, 0.3) is 0 Å². The van der Waals surface area contributed by atoms with E-state index >= 15 is 0 Å². The average molecular weight is 329 g/mol. The first-order valence-electron chi connectivity index (χ1n) is 7.93. The number of hydrogen-bond donors (Lipinski definition) is 2. The second-order valence-electron chi connectivity index (χ2n) is 5.72. The second kappa shape index (κ2) is 7.46. The van der Waals surface area contributed by atoms with Crippen molar-refractivity contribution in [3.63, 3.8) is 0 Å². The summed E-state index contributed by atoms with van der Waals surface area (Å²) in [5.74, 6) is 0.845. The molecule has 1 atom stereocenters. The lowest BCUT2D eigenvalue weighted by Crippen LogP contribution is -2.44. The Balaban J connectivity index is 1.50. The van der Waals surface area contributed by atoms with Crippen LogP contribution in [0.2, 0.25) is 0 Å². The van der Waals surface area contributed by atoms with Gasteiger partial charge in [-0.25, -0.2) is 4.98 Å². The van der Waals surface area contributed by atoms with E-state index in [1.165, 1.54) is 5.69 Å². The number of aromatic nitrogens is 1. The Bertz CT molecular complexity index is 652. The molecule has 0 amide bonds. The van der Waals surface area contributed by atoms with Gasteiger partial charge in [-0.3, -0.25) is 4.99 Å². The van der Waals surface area contributed by atoms with Crippen LogP contribution in [-0.4, -0.2) is 37.1 Å². The predicted molar refractivity (Wildman–Crippen MR) is 97.2 cm³/mol. The molecule has 6 heteroatoms. The van der Waals surface area contributed by atoms with Crippen molar-refractivity contribution in [2.75, 3.05) is 25.0 Å². The first-order valence-corrected chi connectivity index (χ1v) is 8.81. The fourth-order valence-corrected chi connectivity index (χ4v) is 3.49. The maximum absolute atomic E-state index is 4.47. The van der Waals surface area contributed by atoms with Crippen molar-refractivity contribution in [2.24, 2.45) is 4.99 Å². The Morgan fingerprint density at radius 2 is 2.22 bits per heavy atom. The number of aliphatic imine (C=N–C) groups is 1. The number of nitrogens with one attached hydrogen (secondary N) is 2. The zero-order chi connectivity index (χ0) is 16.1. The van der Waals surface area contributed by atoms with Crippen LogP contribution in [0.5, 0.6) is 0 Å². The molecule has 0 aliphatic carbocycles. The highest BCUT2D eigenvalue weighted by Gasteiger charge is 2.23. The number of guanidine groups is 1. The summed E-state index contributed by atoms with van der Waals surface area (Å²) in [6, 6.07) is 11.0. The van der Waals surface area contributed by atoms with E-state index in [1.54, 1.807) is 11.3 Å². The van der Waals surface area contributed by atoms with Crippen LogP contribution in [0.15, 0.2) is 40.7 Å². The zero-order valence-corrected chi connectivity index (χ0v) is 14.4. The van der Waals surface area contributed by atoms with E-state index < -0.39 is 0 Å². The molecule has 23 heavy (non-hydrogen) atoms. The van der Waals surface area contributed by atoms with Gasteiger partial charge < -0.3 is 15.5 Å². The van der Waals surface area contributed by atoms with Gasteiger partial charge in [-0.05, 0) is 25.5 Å². The molecule has 1 unspecified atom stereocenters. The molecule has 2 aromatic rings. The second-order valence-corrected chi connectivity index (χ2v) is 6.66. The molecule has 0 spiro atoms. The molecule has 1 aliphatic heterocycles. The number of nitrogens with zero attached hydrogens (tertiary/aromatic N) is 3. The topological polar surface area (TPSA) is 52.6 Å². The molecule has 1 fully saturated rings. The van der Waals surface area contributed by atoms with Gasteiger partial charge in [-0.1, -0.05) is 18.2 Å². The maximum Gasteiger partial charge on any atom is 0.191 e. The zero-order valence-electron chi connectivity index (χ0n) is 13.6. The van der Waals surface area contributed by atoms with E-state index in [2.05, 4.69) is 61.2 Å². The molecule has 2 N–H and O–H groups in total. The quantitative estimate of drug-likeness (QED) is 0.668. The number of benzene rings is 1. The molecule has 1 saturated heterocycles. The van der Waals surface area contributed by atoms with Gasteiger partial charge in [0.2, 0.25) is 0 Å². The summed E-state index contributed by atoms with van der Waals surface area (Å²) in [5.41, 5.74) is 2.36. The molecule has 0 radical (unpaired) electrons. The SMILES string of the molecule is CN=C(NCc1nc(C)cs1)NC1CCN(c2ccccc2)C1. The lowest BCUT2D eigenvalue weighted by atomic mass is 10.3. The Morgan fingerprint density at radius 3 is 2.91 bits per heavy atom. The smallest absolute Gasteiger partial charge is 0.191 e. The van der Waals surface area contributed by atoms with Crippen molar-refractivity contribution in [1.82, 2.24) is 15.6 Å².